The first kappa shape index (κ1) is 16.0. The van der Waals surface area contributed by atoms with Gasteiger partial charge >= 0.3 is 0 Å². The molecule has 0 saturated carbocycles. The van der Waals surface area contributed by atoms with Crippen molar-refractivity contribution in [2.75, 3.05) is 20.1 Å². The number of nitrogens with zero attached hydrogens (tertiary/aromatic N) is 3. The first-order valence-electron chi connectivity index (χ1n) is 8.24. The first-order valence-corrected chi connectivity index (χ1v) is 9.06. The Morgan fingerprint density at radius 1 is 1.39 bits per heavy atom. The molecule has 5 heteroatoms. The monoisotopic (exact) mass is 328 g/mol. The van der Waals surface area contributed by atoms with Gasteiger partial charge in [-0.2, -0.15) is 0 Å². The van der Waals surface area contributed by atoms with Crippen molar-refractivity contribution in [3.8, 4) is 0 Å². The van der Waals surface area contributed by atoms with Crippen molar-refractivity contribution in [3.05, 3.63) is 52.0 Å². The quantitative estimate of drug-likeness (QED) is 0.692. The van der Waals surface area contributed by atoms with Crippen LogP contribution in [0, 0.1) is 0 Å². The lowest BCUT2D eigenvalue weighted by molar-refractivity contribution is 0.485. The summed E-state index contributed by atoms with van der Waals surface area (Å²) in [5.74, 6) is 1.58. The number of rotatable bonds is 4. The van der Waals surface area contributed by atoms with Crippen molar-refractivity contribution < 1.29 is 0 Å². The number of guanidine groups is 1. The molecule has 1 atom stereocenters. The Bertz CT molecular complexity index is 650. The number of benzene rings is 1. The summed E-state index contributed by atoms with van der Waals surface area (Å²) in [7, 11) is 1.86. The minimum atomic E-state index is 0.598. The zero-order valence-electron chi connectivity index (χ0n) is 13.8. The molecule has 3 rings (SSSR count). The number of aryl methyl sites for hydroxylation is 1. The fraction of sp³-hybridized carbons (Fsp3) is 0.444. The van der Waals surface area contributed by atoms with Gasteiger partial charge in [-0.1, -0.05) is 37.3 Å². The maximum absolute atomic E-state index is 4.46. The Morgan fingerprint density at radius 3 is 2.91 bits per heavy atom. The Balaban J connectivity index is 1.57. The van der Waals surface area contributed by atoms with Crippen LogP contribution in [0.3, 0.4) is 0 Å². The van der Waals surface area contributed by atoms with Gasteiger partial charge in [0.25, 0.3) is 0 Å². The summed E-state index contributed by atoms with van der Waals surface area (Å²) >= 11 is 1.78. The zero-order chi connectivity index (χ0) is 16.1. The number of hydrogen-bond donors (Lipinski definition) is 1. The lowest BCUT2D eigenvalue weighted by Gasteiger charge is -2.21. The van der Waals surface area contributed by atoms with Crippen LogP contribution in [0.1, 0.15) is 34.7 Å². The van der Waals surface area contributed by atoms with Gasteiger partial charge in [0, 0.05) is 37.1 Å². The molecule has 0 amide bonds. The molecular weight excluding hydrogens is 304 g/mol. The van der Waals surface area contributed by atoms with E-state index in [2.05, 4.69) is 57.4 Å². The SMILES string of the molecule is CCc1cnc(CNC(=NC)N2CCC(c3ccccc3)C2)s1. The summed E-state index contributed by atoms with van der Waals surface area (Å²) in [6.07, 6.45) is 4.21. The minimum Gasteiger partial charge on any atom is -0.350 e. The number of aromatic nitrogens is 1. The molecule has 1 aliphatic rings. The molecule has 0 spiro atoms. The Morgan fingerprint density at radius 2 is 2.22 bits per heavy atom. The minimum absolute atomic E-state index is 0.598. The van der Waals surface area contributed by atoms with E-state index in [-0.39, 0.29) is 0 Å². The van der Waals surface area contributed by atoms with Gasteiger partial charge in [0.1, 0.15) is 5.01 Å². The van der Waals surface area contributed by atoms with E-state index in [9.17, 15) is 0 Å². The second kappa shape index (κ2) is 7.59. The highest BCUT2D eigenvalue weighted by atomic mass is 32.1. The van der Waals surface area contributed by atoms with E-state index in [0.717, 1.165) is 37.0 Å². The van der Waals surface area contributed by atoms with Crippen molar-refractivity contribution in [1.82, 2.24) is 15.2 Å². The standard InChI is InChI=1S/C18H24N4S/c1-3-16-11-20-17(23-16)12-21-18(19-2)22-10-9-15(13-22)14-7-5-4-6-8-14/h4-8,11,15H,3,9-10,12-13H2,1-2H3,(H,19,21). The van der Waals surface area contributed by atoms with Crippen LogP contribution in [0.2, 0.25) is 0 Å². The maximum Gasteiger partial charge on any atom is 0.194 e. The normalized spacial score (nSPS) is 18.4. The molecule has 1 unspecified atom stereocenters. The Kier molecular flexibility index (Phi) is 5.28. The molecule has 122 valence electrons. The third-order valence-electron chi connectivity index (χ3n) is 4.32. The molecule has 1 aliphatic heterocycles. The average Bonchev–Trinajstić information content (AvgIpc) is 3.26. The van der Waals surface area contributed by atoms with Gasteiger partial charge in [0.15, 0.2) is 5.96 Å². The third-order valence-corrected chi connectivity index (χ3v) is 5.46. The molecule has 4 nitrogen and oxygen atoms in total. The fourth-order valence-electron chi connectivity index (χ4n) is 3.03. The van der Waals surface area contributed by atoms with E-state index in [1.807, 2.05) is 13.2 Å². The van der Waals surface area contributed by atoms with Crippen molar-refractivity contribution in [1.29, 1.82) is 0 Å². The van der Waals surface area contributed by atoms with Crippen LogP contribution in [-0.2, 0) is 13.0 Å². The van der Waals surface area contributed by atoms with E-state index >= 15 is 0 Å². The summed E-state index contributed by atoms with van der Waals surface area (Å²) in [6.45, 7) is 5.00. The Labute approximate surface area is 142 Å². The lowest BCUT2D eigenvalue weighted by atomic mass is 9.99. The largest absolute Gasteiger partial charge is 0.350 e. The van der Waals surface area contributed by atoms with E-state index in [0.29, 0.717) is 5.92 Å². The number of likely N-dealkylation sites (tertiary alicyclic amines) is 1. The zero-order valence-corrected chi connectivity index (χ0v) is 14.6. The summed E-state index contributed by atoms with van der Waals surface area (Å²) < 4.78 is 0. The molecule has 1 N–H and O–H groups in total. The van der Waals surface area contributed by atoms with Crippen LogP contribution >= 0.6 is 11.3 Å². The van der Waals surface area contributed by atoms with E-state index in [4.69, 9.17) is 0 Å². The van der Waals surface area contributed by atoms with Crippen LogP contribution in [0.4, 0.5) is 0 Å². The summed E-state index contributed by atoms with van der Waals surface area (Å²) in [6, 6.07) is 10.8. The molecule has 1 aromatic heterocycles. The van der Waals surface area contributed by atoms with Crippen LogP contribution in [0.15, 0.2) is 41.5 Å². The van der Waals surface area contributed by atoms with E-state index < -0.39 is 0 Å². The molecule has 1 fully saturated rings. The second-order valence-electron chi connectivity index (χ2n) is 5.82. The molecule has 1 aromatic carbocycles. The van der Waals surface area contributed by atoms with Gasteiger partial charge < -0.3 is 10.2 Å². The molecule has 23 heavy (non-hydrogen) atoms. The van der Waals surface area contributed by atoms with Crippen LogP contribution in [-0.4, -0.2) is 36.0 Å². The van der Waals surface area contributed by atoms with Crippen molar-refractivity contribution in [3.63, 3.8) is 0 Å². The number of aliphatic imine (C=N–C) groups is 1. The first-order chi connectivity index (χ1) is 11.3. The van der Waals surface area contributed by atoms with E-state index in [1.54, 1.807) is 11.3 Å². The van der Waals surface area contributed by atoms with E-state index in [1.165, 1.54) is 16.9 Å². The van der Waals surface area contributed by atoms with Gasteiger partial charge in [-0.15, -0.1) is 11.3 Å². The molecular formula is C18H24N4S. The van der Waals surface area contributed by atoms with Crippen LogP contribution in [0.5, 0.6) is 0 Å². The predicted octanol–water partition coefficient (Wildman–Crippen LogP) is 3.27. The molecule has 1 saturated heterocycles. The summed E-state index contributed by atoms with van der Waals surface area (Å²) in [5, 5.41) is 4.59. The molecule has 2 heterocycles. The highest BCUT2D eigenvalue weighted by molar-refractivity contribution is 7.11. The number of hydrogen-bond acceptors (Lipinski definition) is 3. The summed E-state index contributed by atoms with van der Waals surface area (Å²) in [4.78, 5) is 12.6. The van der Waals surface area contributed by atoms with Gasteiger partial charge in [-0.05, 0) is 18.4 Å². The highest BCUT2D eigenvalue weighted by Crippen LogP contribution is 2.26. The van der Waals surface area contributed by atoms with Gasteiger partial charge in [0.2, 0.25) is 0 Å². The average molecular weight is 328 g/mol. The number of nitrogens with one attached hydrogen (secondary N) is 1. The topological polar surface area (TPSA) is 40.5 Å². The molecule has 0 aliphatic carbocycles. The highest BCUT2D eigenvalue weighted by Gasteiger charge is 2.25. The van der Waals surface area contributed by atoms with Gasteiger partial charge in [0.05, 0.1) is 6.54 Å². The van der Waals surface area contributed by atoms with Gasteiger partial charge in [-0.25, -0.2) is 4.98 Å². The molecule has 0 radical (unpaired) electrons. The smallest absolute Gasteiger partial charge is 0.194 e. The predicted molar refractivity (Wildman–Crippen MR) is 97.1 cm³/mol. The molecule has 0 bridgehead atoms. The third kappa shape index (κ3) is 3.91. The molecule has 2 aromatic rings. The fourth-order valence-corrected chi connectivity index (χ4v) is 3.83. The second-order valence-corrected chi connectivity index (χ2v) is 7.02. The van der Waals surface area contributed by atoms with Crippen LogP contribution < -0.4 is 5.32 Å². The maximum atomic E-state index is 4.46. The van der Waals surface area contributed by atoms with Gasteiger partial charge in [-0.3, -0.25) is 4.99 Å². The summed E-state index contributed by atoms with van der Waals surface area (Å²) in [5.41, 5.74) is 1.43. The van der Waals surface area contributed by atoms with Crippen molar-refractivity contribution >= 4 is 17.3 Å². The Hall–Kier alpha value is -1.88. The van der Waals surface area contributed by atoms with Crippen molar-refractivity contribution in [2.24, 2.45) is 4.99 Å². The van der Waals surface area contributed by atoms with Crippen LogP contribution in [0.25, 0.3) is 0 Å². The number of thiazole rings is 1. The lowest BCUT2D eigenvalue weighted by Crippen LogP contribution is -2.39. The van der Waals surface area contributed by atoms with Crippen molar-refractivity contribution in [2.45, 2.75) is 32.2 Å².